The fourth-order valence-electron chi connectivity index (χ4n) is 2.86. The summed E-state index contributed by atoms with van der Waals surface area (Å²) in [5, 5.41) is 3.48. The monoisotopic (exact) mass is 262 g/mol. The van der Waals surface area contributed by atoms with Crippen LogP contribution in [0.5, 0.6) is 5.75 Å². The molecule has 1 aliphatic rings. The van der Waals surface area contributed by atoms with Crippen molar-refractivity contribution in [2.45, 2.75) is 38.3 Å². The summed E-state index contributed by atoms with van der Waals surface area (Å²) in [5.41, 5.74) is 1.33. The van der Waals surface area contributed by atoms with E-state index in [4.69, 9.17) is 4.74 Å². The Bertz CT molecular complexity index is 386. The van der Waals surface area contributed by atoms with Gasteiger partial charge in [0.25, 0.3) is 0 Å². The van der Waals surface area contributed by atoms with E-state index < -0.39 is 0 Å². The zero-order valence-corrected chi connectivity index (χ0v) is 12.4. The molecule has 2 atom stereocenters. The van der Waals surface area contributed by atoms with Gasteiger partial charge >= 0.3 is 0 Å². The van der Waals surface area contributed by atoms with Crippen LogP contribution >= 0.6 is 0 Å². The number of ether oxygens (including phenoxy) is 1. The Morgan fingerprint density at radius 2 is 2.16 bits per heavy atom. The number of hydrogen-bond acceptors (Lipinski definition) is 3. The Hall–Kier alpha value is -1.06. The van der Waals surface area contributed by atoms with Gasteiger partial charge in [-0.25, -0.2) is 0 Å². The lowest BCUT2D eigenvalue weighted by Crippen LogP contribution is -2.34. The second kappa shape index (κ2) is 6.92. The van der Waals surface area contributed by atoms with Crippen molar-refractivity contribution < 1.29 is 4.74 Å². The molecule has 1 N–H and O–H groups in total. The highest BCUT2D eigenvalue weighted by molar-refractivity contribution is 5.30. The molecule has 3 nitrogen and oxygen atoms in total. The highest BCUT2D eigenvalue weighted by Crippen LogP contribution is 2.26. The molecule has 0 aromatic heterocycles. The second-order valence-electron chi connectivity index (χ2n) is 5.45. The van der Waals surface area contributed by atoms with Gasteiger partial charge in [0.2, 0.25) is 0 Å². The van der Waals surface area contributed by atoms with Crippen LogP contribution in [0.25, 0.3) is 0 Å². The smallest absolute Gasteiger partial charge is 0.119 e. The molecule has 0 aliphatic carbocycles. The van der Waals surface area contributed by atoms with Crippen LogP contribution in [0.2, 0.25) is 0 Å². The van der Waals surface area contributed by atoms with Crippen LogP contribution in [-0.2, 0) is 0 Å². The van der Waals surface area contributed by atoms with Gasteiger partial charge in [0, 0.05) is 12.1 Å². The van der Waals surface area contributed by atoms with Crippen LogP contribution in [0.1, 0.15) is 37.8 Å². The van der Waals surface area contributed by atoms with Crippen molar-refractivity contribution in [1.82, 2.24) is 10.2 Å². The third-order valence-electron chi connectivity index (χ3n) is 4.31. The zero-order chi connectivity index (χ0) is 13.7. The molecule has 0 amide bonds. The molecule has 1 saturated heterocycles. The maximum absolute atomic E-state index is 5.32. The Kier molecular flexibility index (Phi) is 5.23. The van der Waals surface area contributed by atoms with Crippen LogP contribution in [0.3, 0.4) is 0 Å². The first kappa shape index (κ1) is 14.4. The summed E-state index contributed by atoms with van der Waals surface area (Å²) in [7, 11) is 3.98. The predicted octanol–water partition coefficient (Wildman–Crippen LogP) is 2.83. The minimum absolute atomic E-state index is 0.429. The molecule has 2 rings (SSSR count). The standard InChI is InChI=1S/C16H26N2O/c1-13(14-6-4-8-16(12-14)19-3)18(2)15-7-5-10-17-11-9-15/h4,6,8,12-13,15,17H,5,7,9-11H2,1-3H3. The molecule has 19 heavy (non-hydrogen) atoms. The molecule has 2 unspecified atom stereocenters. The van der Waals surface area contributed by atoms with Crippen LogP contribution < -0.4 is 10.1 Å². The Morgan fingerprint density at radius 3 is 2.95 bits per heavy atom. The molecular formula is C16H26N2O. The summed E-state index contributed by atoms with van der Waals surface area (Å²) in [6, 6.07) is 9.53. The maximum atomic E-state index is 5.32. The average molecular weight is 262 g/mol. The van der Waals surface area contributed by atoms with Crippen LogP contribution in [0.15, 0.2) is 24.3 Å². The van der Waals surface area contributed by atoms with Crippen molar-refractivity contribution in [3.05, 3.63) is 29.8 Å². The number of methoxy groups -OCH3 is 1. The number of benzene rings is 1. The van der Waals surface area contributed by atoms with E-state index in [0.29, 0.717) is 12.1 Å². The largest absolute Gasteiger partial charge is 0.497 e. The number of nitrogens with one attached hydrogen (secondary N) is 1. The fourth-order valence-corrected chi connectivity index (χ4v) is 2.86. The number of hydrogen-bond donors (Lipinski definition) is 1. The van der Waals surface area contributed by atoms with Crippen molar-refractivity contribution in [2.75, 3.05) is 27.2 Å². The lowest BCUT2D eigenvalue weighted by Gasteiger charge is -2.33. The summed E-state index contributed by atoms with van der Waals surface area (Å²) in [4.78, 5) is 2.52. The van der Waals surface area contributed by atoms with E-state index in [1.165, 1.54) is 24.8 Å². The van der Waals surface area contributed by atoms with E-state index in [0.717, 1.165) is 18.8 Å². The first-order valence-corrected chi connectivity index (χ1v) is 7.29. The highest BCUT2D eigenvalue weighted by atomic mass is 16.5. The van der Waals surface area contributed by atoms with Gasteiger partial charge in [0.15, 0.2) is 0 Å². The molecule has 106 valence electrons. The second-order valence-corrected chi connectivity index (χ2v) is 5.45. The van der Waals surface area contributed by atoms with E-state index in [9.17, 15) is 0 Å². The SMILES string of the molecule is COc1cccc(C(C)N(C)C2CCCNCC2)c1. The van der Waals surface area contributed by atoms with Gasteiger partial charge in [-0.2, -0.15) is 0 Å². The molecule has 1 aliphatic heterocycles. The quantitative estimate of drug-likeness (QED) is 0.903. The van der Waals surface area contributed by atoms with Crippen molar-refractivity contribution >= 4 is 0 Å². The molecule has 0 radical (unpaired) electrons. The lowest BCUT2D eigenvalue weighted by atomic mass is 10.0. The third kappa shape index (κ3) is 3.71. The Labute approximate surface area is 116 Å². The maximum Gasteiger partial charge on any atom is 0.119 e. The van der Waals surface area contributed by atoms with Crippen LogP contribution in [0, 0.1) is 0 Å². The van der Waals surface area contributed by atoms with Crippen molar-refractivity contribution in [1.29, 1.82) is 0 Å². The van der Waals surface area contributed by atoms with Gasteiger partial charge in [-0.1, -0.05) is 12.1 Å². The predicted molar refractivity (Wildman–Crippen MR) is 79.7 cm³/mol. The molecule has 0 bridgehead atoms. The number of rotatable bonds is 4. The van der Waals surface area contributed by atoms with Gasteiger partial charge in [-0.05, 0) is 64.0 Å². The molecule has 1 heterocycles. The topological polar surface area (TPSA) is 24.5 Å². The molecule has 3 heteroatoms. The zero-order valence-electron chi connectivity index (χ0n) is 12.4. The first-order chi connectivity index (χ1) is 9.22. The summed E-state index contributed by atoms with van der Waals surface area (Å²) < 4.78 is 5.32. The van der Waals surface area contributed by atoms with Crippen LogP contribution in [-0.4, -0.2) is 38.2 Å². The number of nitrogens with zero attached hydrogens (tertiary/aromatic N) is 1. The van der Waals surface area contributed by atoms with Crippen molar-refractivity contribution in [3.8, 4) is 5.75 Å². The van der Waals surface area contributed by atoms with Crippen molar-refractivity contribution in [2.24, 2.45) is 0 Å². The minimum atomic E-state index is 0.429. The molecule has 1 aromatic rings. The van der Waals surface area contributed by atoms with Crippen molar-refractivity contribution in [3.63, 3.8) is 0 Å². The molecule has 0 saturated carbocycles. The fraction of sp³-hybridized carbons (Fsp3) is 0.625. The van der Waals surface area contributed by atoms with Gasteiger partial charge in [0.1, 0.15) is 5.75 Å². The minimum Gasteiger partial charge on any atom is -0.497 e. The van der Waals surface area contributed by atoms with Crippen LogP contribution in [0.4, 0.5) is 0 Å². The summed E-state index contributed by atoms with van der Waals surface area (Å²) >= 11 is 0. The first-order valence-electron chi connectivity index (χ1n) is 7.29. The average Bonchev–Trinajstić information content (AvgIpc) is 2.75. The molecule has 0 spiro atoms. The lowest BCUT2D eigenvalue weighted by molar-refractivity contribution is 0.171. The third-order valence-corrected chi connectivity index (χ3v) is 4.31. The van der Waals surface area contributed by atoms with E-state index in [1.54, 1.807) is 7.11 Å². The Morgan fingerprint density at radius 1 is 1.32 bits per heavy atom. The molecular weight excluding hydrogens is 236 g/mol. The molecule has 1 aromatic carbocycles. The summed E-state index contributed by atoms with van der Waals surface area (Å²) in [5.74, 6) is 0.945. The van der Waals surface area contributed by atoms with Gasteiger partial charge in [0.05, 0.1) is 7.11 Å². The molecule has 1 fully saturated rings. The Balaban J connectivity index is 2.06. The normalized spacial score (nSPS) is 22.0. The highest BCUT2D eigenvalue weighted by Gasteiger charge is 2.22. The van der Waals surface area contributed by atoms with E-state index in [1.807, 2.05) is 6.07 Å². The van der Waals surface area contributed by atoms with Gasteiger partial charge < -0.3 is 10.1 Å². The van der Waals surface area contributed by atoms with E-state index in [-0.39, 0.29) is 0 Å². The van der Waals surface area contributed by atoms with Gasteiger partial charge in [-0.15, -0.1) is 0 Å². The van der Waals surface area contributed by atoms with E-state index in [2.05, 4.69) is 42.4 Å². The summed E-state index contributed by atoms with van der Waals surface area (Å²) in [6.45, 7) is 4.59. The summed E-state index contributed by atoms with van der Waals surface area (Å²) in [6.07, 6.45) is 3.81. The van der Waals surface area contributed by atoms with E-state index >= 15 is 0 Å². The van der Waals surface area contributed by atoms with Gasteiger partial charge in [-0.3, -0.25) is 4.90 Å².